The van der Waals surface area contributed by atoms with Gasteiger partial charge in [0.25, 0.3) is 0 Å². The summed E-state index contributed by atoms with van der Waals surface area (Å²) in [6, 6.07) is 5.57. The molecule has 1 aromatic carbocycles. The minimum atomic E-state index is 0.246. The smallest absolute Gasteiger partial charge is 0.249 e. The zero-order valence-corrected chi connectivity index (χ0v) is 12.5. The molecule has 120 valence electrons. The van der Waals surface area contributed by atoms with Crippen LogP contribution in [0.5, 0.6) is 11.5 Å². The first-order chi connectivity index (χ1) is 11.4. The van der Waals surface area contributed by atoms with Gasteiger partial charge in [0, 0.05) is 24.9 Å². The fourth-order valence-corrected chi connectivity index (χ4v) is 2.57. The number of nitrogens with one attached hydrogen (secondary N) is 2. The average Bonchev–Trinajstić information content (AvgIpc) is 3.24. The topological polar surface area (TPSA) is 90.4 Å². The van der Waals surface area contributed by atoms with Crippen LogP contribution < -0.4 is 20.1 Å². The molecule has 4 rings (SSSR count). The molecule has 1 fully saturated rings. The van der Waals surface area contributed by atoms with Gasteiger partial charge in [0.2, 0.25) is 12.7 Å². The van der Waals surface area contributed by atoms with Crippen LogP contribution in [0.25, 0.3) is 0 Å². The maximum atomic E-state index is 5.58. The van der Waals surface area contributed by atoms with Crippen molar-refractivity contribution in [2.75, 3.05) is 30.6 Å². The molecule has 0 amide bonds. The second-order valence-electron chi connectivity index (χ2n) is 5.37. The Balaban J connectivity index is 1.41. The number of ether oxygens (including phenoxy) is 3. The molecule has 0 spiro atoms. The molecular weight excluding hydrogens is 298 g/mol. The maximum Gasteiger partial charge on any atom is 0.249 e. The fourth-order valence-electron chi connectivity index (χ4n) is 2.57. The van der Waals surface area contributed by atoms with E-state index in [0.29, 0.717) is 17.5 Å². The summed E-state index contributed by atoms with van der Waals surface area (Å²) in [6.07, 6.45) is 4.04. The summed E-state index contributed by atoms with van der Waals surface area (Å²) in [4.78, 5) is 4.40. The van der Waals surface area contributed by atoms with E-state index in [2.05, 4.69) is 25.8 Å². The van der Waals surface area contributed by atoms with E-state index in [1.54, 1.807) is 6.20 Å². The van der Waals surface area contributed by atoms with E-state index in [-0.39, 0.29) is 12.9 Å². The van der Waals surface area contributed by atoms with Crippen LogP contribution >= 0.6 is 0 Å². The molecular formula is C15H17N5O3. The summed E-state index contributed by atoms with van der Waals surface area (Å²) in [5, 5.41) is 14.3. The number of fused-ring (bicyclic) bond motifs is 1. The van der Waals surface area contributed by atoms with Crippen LogP contribution in [0.2, 0.25) is 0 Å². The third kappa shape index (κ3) is 3.26. The largest absolute Gasteiger partial charge is 0.454 e. The van der Waals surface area contributed by atoms with Gasteiger partial charge >= 0.3 is 0 Å². The predicted molar refractivity (Wildman–Crippen MR) is 83.1 cm³/mol. The summed E-state index contributed by atoms with van der Waals surface area (Å²) >= 11 is 0. The normalized spacial score (nSPS) is 18.9. The van der Waals surface area contributed by atoms with Gasteiger partial charge in [-0.25, -0.2) is 0 Å². The third-order valence-electron chi connectivity index (χ3n) is 3.72. The van der Waals surface area contributed by atoms with Gasteiger partial charge in [-0.1, -0.05) is 0 Å². The van der Waals surface area contributed by atoms with E-state index < -0.39 is 0 Å². The minimum Gasteiger partial charge on any atom is -0.454 e. The Morgan fingerprint density at radius 2 is 2.17 bits per heavy atom. The molecule has 1 aromatic heterocycles. The van der Waals surface area contributed by atoms with Gasteiger partial charge in [-0.15, -0.1) is 5.10 Å². The van der Waals surface area contributed by atoms with Gasteiger partial charge in [0.05, 0.1) is 12.3 Å². The number of rotatable bonds is 5. The lowest BCUT2D eigenvalue weighted by molar-refractivity contribution is 0.120. The molecule has 2 aromatic rings. The second kappa shape index (κ2) is 6.25. The fraction of sp³-hybridized carbons (Fsp3) is 0.400. The number of benzene rings is 1. The first-order valence-corrected chi connectivity index (χ1v) is 7.59. The van der Waals surface area contributed by atoms with Gasteiger partial charge in [0.1, 0.15) is 0 Å². The van der Waals surface area contributed by atoms with E-state index in [1.807, 2.05) is 18.2 Å². The van der Waals surface area contributed by atoms with Crippen molar-refractivity contribution in [3.63, 3.8) is 0 Å². The van der Waals surface area contributed by atoms with Crippen molar-refractivity contribution in [1.82, 2.24) is 15.2 Å². The van der Waals surface area contributed by atoms with Crippen LogP contribution in [0.15, 0.2) is 24.4 Å². The minimum absolute atomic E-state index is 0.246. The number of aromatic nitrogens is 3. The van der Waals surface area contributed by atoms with Crippen LogP contribution in [-0.4, -0.2) is 41.2 Å². The monoisotopic (exact) mass is 315 g/mol. The van der Waals surface area contributed by atoms with Crippen LogP contribution in [0.1, 0.15) is 12.8 Å². The molecule has 2 aliphatic rings. The summed E-state index contributed by atoms with van der Waals surface area (Å²) in [6.45, 7) is 1.81. The van der Waals surface area contributed by atoms with Crippen molar-refractivity contribution in [3.05, 3.63) is 24.4 Å². The maximum absolute atomic E-state index is 5.58. The highest BCUT2D eigenvalue weighted by atomic mass is 16.7. The molecule has 3 heterocycles. The Bertz CT molecular complexity index is 691. The summed E-state index contributed by atoms with van der Waals surface area (Å²) in [7, 11) is 0. The highest BCUT2D eigenvalue weighted by molar-refractivity contribution is 5.60. The van der Waals surface area contributed by atoms with Crippen molar-refractivity contribution >= 4 is 17.5 Å². The highest BCUT2D eigenvalue weighted by Crippen LogP contribution is 2.34. The van der Waals surface area contributed by atoms with Crippen LogP contribution in [0.4, 0.5) is 17.5 Å². The molecule has 8 heteroatoms. The first-order valence-electron chi connectivity index (χ1n) is 7.59. The lowest BCUT2D eigenvalue weighted by Gasteiger charge is -2.11. The van der Waals surface area contributed by atoms with E-state index in [9.17, 15) is 0 Å². The van der Waals surface area contributed by atoms with Crippen molar-refractivity contribution in [1.29, 1.82) is 0 Å². The molecule has 1 unspecified atom stereocenters. The van der Waals surface area contributed by atoms with Gasteiger partial charge in [-0.05, 0) is 25.0 Å². The summed E-state index contributed by atoms with van der Waals surface area (Å²) in [5.41, 5.74) is 0.812. The average molecular weight is 315 g/mol. The van der Waals surface area contributed by atoms with E-state index in [0.717, 1.165) is 37.4 Å². The van der Waals surface area contributed by atoms with Gasteiger partial charge in [0.15, 0.2) is 17.3 Å². The van der Waals surface area contributed by atoms with E-state index in [4.69, 9.17) is 14.2 Å². The number of hydrogen-bond acceptors (Lipinski definition) is 8. The lowest BCUT2D eigenvalue weighted by atomic mass is 10.2. The molecule has 0 aliphatic carbocycles. The van der Waals surface area contributed by atoms with Crippen molar-refractivity contribution in [3.8, 4) is 11.5 Å². The number of nitrogens with zero attached hydrogens (tertiary/aromatic N) is 3. The SMILES string of the molecule is c1cc2c(cc1Nc1nncc(NCC3CCCO3)n1)OCO2. The first kappa shape index (κ1) is 14.0. The Kier molecular flexibility index (Phi) is 3.81. The Morgan fingerprint density at radius 1 is 1.22 bits per heavy atom. The molecule has 23 heavy (non-hydrogen) atoms. The van der Waals surface area contributed by atoms with Crippen molar-refractivity contribution in [2.24, 2.45) is 0 Å². The molecule has 2 aliphatic heterocycles. The zero-order valence-electron chi connectivity index (χ0n) is 12.5. The number of anilines is 3. The summed E-state index contributed by atoms with van der Waals surface area (Å²) in [5.74, 6) is 2.53. The van der Waals surface area contributed by atoms with Crippen LogP contribution in [0.3, 0.4) is 0 Å². The van der Waals surface area contributed by atoms with Gasteiger partial charge in [-0.3, -0.25) is 0 Å². The molecule has 1 saturated heterocycles. The quantitative estimate of drug-likeness (QED) is 0.865. The molecule has 0 saturated carbocycles. The Hall–Kier alpha value is -2.61. The van der Waals surface area contributed by atoms with E-state index >= 15 is 0 Å². The van der Waals surface area contributed by atoms with Crippen molar-refractivity contribution in [2.45, 2.75) is 18.9 Å². The number of hydrogen-bond donors (Lipinski definition) is 2. The summed E-state index contributed by atoms with van der Waals surface area (Å²) < 4.78 is 16.2. The van der Waals surface area contributed by atoms with Crippen molar-refractivity contribution < 1.29 is 14.2 Å². The van der Waals surface area contributed by atoms with Crippen LogP contribution in [0, 0.1) is 0 Å². The van der Waals surface area contributed by atoms with E-state index in [1.165, 1.54) is 0 Å². The standard InChI is InChI=1S/C15H17N5O3/c1-2-11(21-5-1)7-16-14-8-17-20-15(19-14)18-10-3-4-12-13(6-10)23-9-22-12/h3-4,6,8,11H,1-2,5,7,9H2,(H2,16,18,19,20). The Morgan fingerprint density at radius 3 is 3.09 bits per heavy atom. The third-order valence-corrected chi connectivity index (χ3v) is 3.72. The molecule has 0 bridgehead atoms. The Labute approximate surface area is 133 Å². The predicted octanol–water partition coefficient (Wildman–Crippen LogP) is 1.93. The zero-order chi connectivity index (χ0) is 15.5. The van der Waals surface area contributed by atoms with Gasteiger partial charge in [-0.2, -0.15) is 10.1 Å². The lowest BCUT2D eigenvalue weighted by Crippen LogP contribution is -2.19. The van der Waals surface area contributed by atoms with Gasteiger partial charge < -0.3 is 24.8 Å². The molecule has 8 nitrogen and oxygen atoms in total. The molecule has 0 radical (unpaired) electrons. The molecule has 1 atom stereocenters. The highest BCUT2D eigenvalue weighted by Gasteiger charge is 2.16. The molecule has 2 N–H and O–H groups in total. The second-order valence-corrected chi connectivity index (χ2v) is 5.37. The van der Waals surface area contributed by atoms with Crippen LogP contribution in [-0.2, 0) is 4.74 Å².